The second kappa shape index (κ2) is 5.86. The second-order valence-corrected chi connectivity index (χ2v) is 5.76. The number of hydrogen-bond donors (Lipinski definition) is 1. The van der Waals surface area contributed by atoms with Gasteiger partial charge >= 0.3 is 0 Å². The maximum Gasteiger partial charge on any atom is 0.0220 e. The van der Waals surface area contributed by atoms with E-state index in [0.29, 0.717) is 6.04 Å². The molecule has 1 aliphatic heterocycles. The van der Waals surface area contributed by atoms with Gasteiger partial charge < -0.3 is 5.73 Å². The van der Waals surface area contributed by atoms with E-state index in [2.05, 4.69) is 32.6 Å². The highest BCUT2D eigenvalue weighted by Crippen LogP contribution is 2.25. The Hall–Kier alpha value is -0.0800. The summed E-state index contributed by atoms with van der Waals surface area (Å²) in [6, 6.07) is 0.611. The molecular formula is C13H28N2. The molecule has 0 aliphatic carbocycles. The Morgan fingerprint density at radius 3 is 2.40 bits per heavy atom. The number of nitrogens with two attached hydrogens (primary N) is 1. The van der Waals surface area contributed by atoms with Crippen molar-refractivity contribution in [1.29, 1.82) is 0 Å². The fourth-order valence-electron chi connectivity index (χ4n) is 2.57. The van der Waals surface area contributed by atoms with Crippen molar-refractivity contribution in [2.24, 2.45) is 23.5 Å². The Morgan fingerprint density at radius 2 is 1.93 bits per heavy atom. The maximum absolute atomic E-state index is 5.89. The summed E-state index contributed by atoms with van der Waals surface area (Å²) in [4.78, 5) is 2.62. The molecule has 0 aromatic heterocycles. The van der Waals surface area contributed by atoms with Gasteiger partial charge in [-0.25, -0.2) is 0 Å². The van der Waals surface area contributed by atoms with E-state index in [-0.39, 0.29) is 0 Å². The first kappa shape index (κ1) is 13.0. The maximum atomic E-state index is 5.89. The molecule has 1 saturated heterocycles. The molecule has 1 fully saturated rings. The van der Waals surface area contributed by atoms with E-state index < -0.39 is 0 Å². The van der Waals surface area contributed by atoms with Gasteiger partial charge in [-0.1, -0.05) is 27.7 Å². The van der Waals surface area contributed by atoms with Gasteiger partial charge in [0, 0.05) is 19.1 Å². The zero-order valence-corrected chi connectivity index (χ0v) is 10.9. The molecule has 15 heavy (non-hydrogen) atoms. The molecule has 90 valence electrons. The third-order valence-electron chi connectivity index (χ3n) is 3.90. The van der Waals surface area contributed by atoms with Crippen LogP contribution in [0, 0.1) is 17.8 Å². The van der Waals surface area contributed by atoms with Crippen molar-refractivity contribution in [2.45, 2.75) is 46.6 Å². The van der Waals surface area contributed by atoms with Crippen LogP contribution in [0.25, 0.3) is 0 Å². The van der Waals surface area contributed by atoms with Crippen LogP contribution in [0.2, 0.25) is 0 Å². The van der Waals surface area contributed by atoms with E-state index in [1.807, 2.05) is 0 Å². The molecule has 0 spiro atoms. The predicted molar refractivity (Wildman–Crippen MR) is 66.8 cm³/mol. The molecule has 2 nitrogen and oxygen atoms in total. The summed E-state index contributed by atoms with van der Waals surface area (Å²) in [5.41, 5.74) is 5.89. The van der Waals surface area contributed by atoms with Gasteiger partial charge in [0.25, 0.3) is 0 Å². The molecule has 1 heterocycles. The van der Waals surface area contributed by atoms with Crippen LogP contribution >= 0.6 is 0 Å². The van der Waals surface area contributed by atoms with Gasteiger partial charge in [-0.3, -0.25) is 4.90 Å². The first-order chi connectivity index (χ1) is 7.04. The molecule has 0 aromatic rings. The van der Waals surface area contributed by atoms with Crippen LogP contribution in [0.3, 0.4) is 0 Å². The first-order valence-electron chi connectivity index (χ1n) is 6.48. The molecule has 3 atom stereocenters. The van der Waals surface area contributed by atoms with Gasteiger partial charge in [0.1, 0.15) is 0 Å². The van der Waals surface area contributed by atoms with E-state index in [1.165, 1.54) is 25.9 Å². The monoisotopic (exact) mass is 212 g/mol. The highest BCUT2D eigenvalue weighted by Gasteiger charge is 2.27. The van der Waals surface area contributed by atoms with Gasteiger partial charge in [-0.05, 0) is 37.1 Å². The second-order valence-electron chi connectivity index (χ2n) is 5.76. The van der Waals surface area contributed by atoms with E-state index >= 15 is 0 Å². The van der Waals surface area contributed by atoms with Gasteiger partial charge in [0.05, 0.1) is 0 Å². The zero-order chi connectivity index (χ0) is 11.4. The minimum atomic E-state index is 0.611. The fourth-order valence-corrected chi connectivity index (χ4v) is 2.57. The van der Waals surface area contributed by atoms with E-state index in [0.717, 1.165) is 24.3 Å². The van der Waals surface area contributed by atoms with Crippen LogP contribution in [0.1, 0.15) is 40.5 Å². The standard InChI is InChI=1S/C13H28N2/c1-10(2)7-13(8-14)15-6-5-11(3)12(4)9-15/h10-13H,5-9,14H2,1-4H3. The Labute approximate surface area is 95.2 Å². The Kier molecular flexibility index (Phi) is 5.07. The lowest BCUT2D eigenvalue weighted by Gasteiger charge is -2.40. The zero-order valence-electron chi connectivity index (χ0n) is 10.9. The average Bonchev–Trinajstić information content (AvgIpc) is 2.18. The van der Waals surface area contributed by atoms with Crippen LogP contribution < -0.4 is 5.73 Å². The summed E-state index contributed by atoms with van der Waals surface area (Å²) in [5, 5.41) is 0. The van der Waals surface area contributed by atoms with Crippen LogP contribution in [-0.4, -0.2) is 30.6 Å². The van der Waals surface area contributed by atoms with Crippen LogP contribution in [0.4, 0.5) is 0 Å². The summed E-state index contributed by atoms with van der Waals surface area (Å²) >= 11 is 0. The van der Waals surface area contributed by atoms with Gasteiger partial charge in [-0.15, -0.1) is 0 Å². The smallest absolute Gasteiger partial charge is 0.0220 e. The molecule has 0 bridgehead atoms. The van der Waals surface area contributed by atoms with Gasteiger partial charge in [0.15, 0.2) is 0 Å². The van der Waals surface area contributed by atoms with Crippen molar-refractivity contribution in [3.05, 3.63) is 0 Å². The number of likely N-dealkylation sites (tertiary alicyclic amines) is 1. The van der Waals surface area contributed by atoms with Crippen molar-refractivity contribution in [1.82, 2.24) is 4.90 Å². The lowest BCUT2D eigenvalue weighted by Crippen LogP contribution is -2.48. The summed E-state index contributed by atoms with van der Waals surface area (Å²) in [6.45, 7) is 12.6. The highest BCUT2D eigenvalue weighted by molar-refractivity contribution is 4.81. The fraction of sp³-hybridized carbons (Fsp3) is 1.00. The third kappa shape index (κ3) is 3.76. The highest BCUT2D eigenvalue weighted by atomic mass is 15.2. The third-order valence-corrected chi connectivity index (χ3v) is 3.90. The Bertz CT molecular complexity index is 179. The predicted octanol–water partition coefficient (Wildman–Crippen LogP) is 2.34. The first-order valence-corrected chi connectivity index (χ1v) is 6.48. The number of nitrogens with zero attached hydrogens (tertiary/aromatic N) is 1. The summed E-state index contributed by atoms with van der Waals surface area (Å²) in [6.07, 6.45) is 2.59. The Balaban J connectivity index is 2.47. The van der Waals surface area contributed by atoms with E-state index in [9.17, 15) is 0 Å². The molecule has 0 saturated carbocycles. The molecule has 0 radical (unpaired) electrons. The van der Waals surface area contributed by atoms with Crippen LogP contribution in [-0.2, 0) is 0 Å². The number of hydrogen-bond acceptors (Lipinski definition) is 2. The summed E-state index contributed by atoms with van der Waals surface area (Å²) < 4.78 is 0. The van der Waals surface area contributed by atoms with Crippen molar-refractivity contribution >= 4 is 0 Å². The quantitative estimate of drug-likeness (QED) is 0.775. The molecule has 0 amide bonds. The van der Waals surface area contributed by atoms with Gasteiger partial charge in [0.2, 0.25) is 0 Å². The SMILES string of the molecule is CC(C)CC(CN)N1CCC(C)C(C)C1. The minimum absolute atomic E-state index is 0.611. The normalized spacial score (nSPS) is 30.8. The van der Waals surface area contributed by atoms with E-state index in [4.69, 9.17) is 5.73 Å². The van der Waals surface area contributed by atoms with Crippen molar-refractivity contribution in [3.8, 4) is 0 Å². The largest absolute Gasteiger partial charge is 0.329 e. The summed E-state index contributed by atoms with van der Waals surface area (Å²) in [5.74, 6) is 2.48. The number of rotatable bonds is 4. The van der Waals surface area contributed by atoms with Gasteiger partial charge in [-0.2, -0.15) is 0 Å². The lowest BCUT2D eigenvalue weighted by atomic mass is 9.87. The Morgan fingerprint density at radius 1 is 1.27 bits per heavy atom. The molecule has 2 N–H and O–H groups in total. The van der Waals surface area contributed by atoms with Crippen molar-refractivity contribution < 1.29 is 0 Å². The molecular weight excluding hydrogens is 184 g/mol. The van der Waals surface area contributed by atoms with Crippen LogP contribution in [0.5, 0.6) is 0 Å². The minimum Gasteiger partial charge on any atom is -0.329 e. The van der Waals surface area contributed by atoms with E-state index in [1.54, 1.807) is 0 Å². The molecule has 2 heteroatoms. The topological polar surface area (TPSA) is 29.3 Å². The van der Waals surface area contributed by atoms with Crippen molar-refractivity contribution in [3.63, 3.8) is 0 Å². The van der Waals surface area contributed by atoms with Crippen LogP contribution in [0.15, 0.2) is 0 Å². The summed E-state index contributed by atoms with van der Waals surface area (Å²) in [7, 11) is 0. The molecule has 1 aliphatic rings. The number of piperidine rings is 1. The molecule has 1 rings (SSSR count). The molecule has 0 aromatic carbocycles. The van der Waals surface area contributed by atoms with Crippen molar-refractivity contribution in [2.75, 3.05) is 19.6 Å². The average molecular weight is 212 g/mol. The lowest BCUT2D eigenvalue weighted by molar-refractivity contribution is 0.0884. The molecule has 3 unspecified atom stereocenters.